The molecule has 2 rings (SSSR count). The van der Waals surface area contributed by atoms with Crippen molar-refractivity contribution in [3.8, 4) is 11.9 Å². The van der Waals surface area contributed by atoms with Crippen LogP contribution < -0.4 is 0 Å². The van der Waals surface area contributed by atoms with Crippen LogP contribution in [-0.2, 0) is 4.79 Å². The van der Waals surface area contributed by atoms with Crippen LogP contribution in [0.2, 0.25) is 0 Å². The minimum Gasteiger partial charge on any atom is -0.303 e. The van der Waals surface area contributed by atoms with Gasteiger partial charge in [-0.3, -0.25) is 4.79 Å². The van der Waals surface area contributed by atoms with E-state index < -0.39 is 5.41 Å². The van der Waals surface area contributed by atoms with E-state index in [9.17, 15) is 10.1 Å². The second-order valence-electron chi connectivity index (χ2n) is 7.64. The molecule has 0 spiro atoms. The second-order valence-corrected chi connectivity index (χ2v) is 7.64. The lowest BCUT2D eigenvalue weighted by Gasteiger charge is -2.16. The Bertz CT molecular complexity index is 867. The number of hydrogen-bond donors (Lipinski definition) is 0. The highest BCUT2D eigenvalue weighted by Crippen LogP contribution is 2.26. The van der Waals surface area contributed by atoms with Gasteiger partial charge in [0.2, 0.25) is 0 Å². The summed E-state index contributed by atoms with van der Waals surface area (Å²) in [6.45, 7) is 13.6. The van der Waals surface area contributed by atoms with Crippen molar-refractivity contribution in [1.82, 2.24) is 14.3 Å². The van der Waals surface area contributed by atoms with Gasteiger partial charge in [0.25, 0.3) is 0 Å². The quantitative estimate of drug-likeness (QED) is 0.613. The lowest BCUT2D eigenvalue weighted by molar-refractivity contribution is -0.121. The number of carbonyl (C=O) groups excluding carboxylic acids is 1. The fraction of sp³-hybridized carbons (Fsp3) is 0.450. The van der Waals surface area contributed by atoms with Crippen molar-refractivity contribution in [3.63, 3.8) is 0 Å². The molecule has 0 atom stereocenters. The van der Waals surface area contributed by atoms with Crippen LogP contribution in [0.25, 0.3) is 11.9 Å². The molecule has 0 radical (unpaired) electrons. The van der Waals surface area contributed by atoms with Crippen molar-refractivity contribution < 1.29 is 4.79 Å². The molecule has 2 aromatic heterocycles. The predicted molar refractivity (Wildman–Crippen MR) is 99.5 cm³/mol. The maximum Gasteiger partial charge on any atom is 0.178 e. The van der Waals surface area contributed by atoms with Crippen molar-refractivity contribution in [3.05, 3.63) is 40.9 Å². The third-order valence-electron chi connectivity index (χ3n) is 4.18. The van der Waals surface area contributed by atoms with Gasteiger partial charge in [-0.1, -0.05) is 20.8 Å². The van der Waals surface area contributed by atoms with Gasteiger partial charge in [-0.2, -0.15) is 10.4 Å². The highest BCUT2D eigenvalue weighted by Gasteiger charge is 2.25. The summed E-state index contributed by atoms with van der Waals surface area (Å²) >= 11 is 0. The fourth-order valence-corrected chi connectivity index (χ4v) is 2.88. The van der Waals surface area contributed by atoms with Crippen molar-refractivity contribution in [2.45, 2.75) is 54.5 Å². The van der Waals surface area contributed by atoms with Gasteiger partial charge in [0, 0.05) is 28.9 Å². The Labute approximate surface area is 149 Å². The maximum absolute atomic E-state index is 12.5. The molecule has 2 heterocycles. The van der Waals surface area contributed by atoms with E-state index in [2.05, 4.69) is 29.6 Å². The van der Waals surface area contributed by atoms with Crippen molar-refractivity contribution >= 4 is 11.9 Å². The van der Waals surface area contributed by atoms with E-state index in [1.54, 1.807) is 12.3 Å². The number of allylic oxidation sites excluding steroid dienone is 1. The summed E-state index contributed by atoms with van der Waals surface area (Å²) in [6.07, 6.45) is 3.48. The van der Waals surface area contributed by atoms with E-state index >= 15 is 0 Å². The summed E-state index contributed by atoms with van der Waals surface area (Å²) < 4.78 is 4.06. The topological polar surface area (TPSA) is 63.6 Å². The van der Waals surface area contributed by atoms with Gasteiger partial charge >= 0.3 is 0 Å². The van der Waals surface area contributed by atoms with E-state index in [-0.39, 0.29) is 17.4 Å². The van der Waals surface area contributed by atoms with Crippen molar-refractivity contribution in [1.29, 1.82) is 5.26 Å². The number of aryl methyl sites for hydroxylation is 1. The number of nitrogens with zero attached hydrogens (tertiary/aromatic N) is 4. The number of aromatic nitrogens is 3. The number of Topliss-reactive ketones (excluding diaryl/α,β-unsaturated/α-hetero) is 1. The first kappa shape index (κ1) is 18.7. The van der Waals surface area contributed by atoms with Crippen LogP contribution in [0, 0.1) is 30.6 Å². The largest absolute Gasteiger partial charge is 0.303 e. The normalized spacial score (nSPS) is 12.5. The minimum absolute atomic E-state index is 0.146. The Kier molecular flexibility index (Phi) is 5.03. The lowest BCUT2D eigenvalue weighted by atomic mass is 9.86. The molecule has 25 heavy (non-hydrogen) atoms. The summed E-state index contributed by atoms with van der Waals surface area (Å²) in [5.74, 6) is 0.831. The molecule has 0 N–H and O–H groups in total. The van der Waals surface area contributed by atoms with E-state index in [1.165, 1.54) is 0 Å². The molecule has 0 fully saturated rings. The molecule has 0 aliphatic rings. The summed E-state index contributed by atoms with van der Waals surface area (Å²) in [4.78, 5) is 12.5. The molecule has 0 amide bonds. The van der Waals surface area contributed by atoms with Gasteiger partial charge in [0.05, 0.1) is 11.8 Å². The van der Waals surface area contributed by atoms with E-state index in [0.717, 1.165) is 22.8 Å². The van der Waals surface area contributed by atoms with Crippen LogP contribution in [0.1, 0.15) is 57.6 Å². The lowest BCUT2D eigenvalue weighted by Crippen LogP contribution is -2.21. The molecule has 2 aromatic rings. The van der Waals surface area contributed by atoms with Gasteiger partial charge in [-0.25, -0.2) is 4.68 Å². The first-order valence-electron chi connectivity index (χ1n) is 8.47. The van der Waals surface area contributed by atoms with E-state index in [4.69, 9.17) is 0 Å². The third-order valence-corrected chi connectivity index (χ3v) is 4.18. The fourth-order valence-electron chi connectivity index (χ4n) is 2.88. The molecule has 0 bridgehead atoms. The molecule has 0 aliphatic carbocycles. The Morgan fingerprint density at radius 3 is 2.48 bits per heavy atom. The van der Waals surface area contributed by atoms with E-state index in [0.29, 0.717) is 0 Å². The van der Waals surface area contributed by atoms with Crippen LogP contribution >= 0.6 is 0 Å². The molecule has 5 nitrogen and oxygen atoms in total. The predicted octanol–water partition coefficient (Wildman–Crippen LogP) is 4.39. The SMILES string of the molecule is Cc1cc(/C=C(\C#N)C(=O)C(C)(C)C)c(C)n1-c1ccnn1C(C)C. The summed E-state index contributed by atoms with van der Waals surface area (Å²) in [5.41, 5.74) is 2.50. The van der Waals surface area contributed by atoms with Crippen LogP contribution in [0.15, 0.2) is 23.9 Å². The molecule has 0 saturated carbocycles. The van der Waals surface area contributed by atoms with Gasteiger partial charge in [-0.15, -0.1) is 0 Å². The van der Waals surface area contributed by atoms with Crippen molar-refractivity contribution in [2.75, 3.05) is 0 Å². The second kappa shape index (κ2) is 6.72. The highest BCUT2D eigenvalue weighted by molar-refractivity contribution is 6.06. The van der Waals surface area contributed by atoms with Crippen LogP contribution in [0.3, 0.4) is 0 Å². The summed E-state index contributed by atoms with van der Waals surface area (Å²) in [7, 11) is 0. The van der Waals surface area contributed by atoms with E-state index in [1.807, 2.05) is 51.4 Å². The molecular weight excluding hydrogens is 312 g/mol. The Hall–Kier alpha value is -2.61. The zero-order valence-corrected chi connectivity index (χ0v) is 16.1. The first-order chi connectivity index (χ1) is 11.6. The Balaban J connectivity index is 2.57. The number of nitriles is 1. The summed E-state index contributed by atoms with van der Waals surface area (Å²) in [5, 5.41) is 13.8. The van der Waals surface area contributed by atoms with Crippen LogP contribution in [-0.4, -0.2) is 20.1 Å². The zero-order valence-electron chi connectivity index (χ0n) is 16.1. The number of carbonyl (C=O) groups is 1. The van der Waals surface area contributed by atoms with Gasteiger partial charge < -0.3 is 4.57 Å². The van der Waals surface area contributed by atoms with Crippen molar-refractivity contribution in [2.24, 2.45) is 5.41 Å². The maximum atomic E-state index is 12.5. The minimum atomic E-state index is -0.580. The molecule has 0 aromatic carbocycles. The monoisotopic (exact) mass is 338 g/mol. The standard InChI is InChI=1S/C20H26N4O/c1-13(2)24-18(8-9-22-24)23-14(3)10-16(15(23)4)11-17(12-21)19(25)20(5,6)7/h8-11,13H,1-7H3/b17-11+. The smallest absolute Gasteiger partial charge is 0.178 e. The average molecular weight is 338 g/mol. The number of rotatable bonds is 4. The summed E-state index contributed by atoms with van der Waals surface area (Å²) in [6, 6.07) is 6.27. The van der Waals surface area contributed by atoms with Gasteiger partial charge in [0.15, 0.2) is 5.78 Å². The zero-order chi connectivity index (χ0) is 18.9. The molecule has 5 heteroatoms. The number of ketones is 1. The first-order valence-corrected chi connectivity index (χ1v) is 8.47. The average Bonchev–Trinajstić information content (AvgIpc) is 3.08. The van der Waals surface area contributed by atoms with Crippen LogP contribution in [0.4, 0.5) is 0 Å². The van der Waals surface area contributed by atoms with Gasteiger partial charge in [-0.05, 0) is 45.4 Å². The molecular formula is C20H26N4O. The highest BCUT2D eigenvalue weighted by atomic mass is 16.1. The third kappa shape index (κ3) is 3.58. The molecule has 0 unspecified atom stereocenters. The molecule has 0 saturated heterocycles. The Morgan fingerprint density at radius 2 is 1.96 bits per heavy atom. The number of hydrogen-bond acceptors (Lipinski definition) is 3. The molecule has 132 valence electrons. The van der Waals surface area contributed by atoms with Gasteiger partial charge in [0.1, 0.15) is 11.9 Å². The van der Waals surface area contributed by atoms with Crippen LogP contribution in [0.5, 0.6) is 0 Å². The Morgan fingerprint density at radius 1 is 1.32 bits per heavy atom. The molecule has 0 aliphatic heterocycles.